The van der Waals surface area contributed by atoms with Crippen LogP contribution in [0.5, 0.6) is 0 Å². The lowest BCUT2D eigenvalue weighted by molar-refractivity contribution is 0.0695. The van der Waals surface area contributed by atoms with Crippen LogP contribution in [0.3, 0.4) is 0 Å². The molecule has 4 heterocycles. The first-order valence-electron chi connectivity index (χ1n) is 13.1. The van der Waals surface area contributed by atoms with E-state index in [1.807, 2.05) is 42.5 Å². The number of benzene rings is 3. The highest BCUT2D eigenvalue weighted by molar-refractivity contribution is 5.88. The number of carbonyl (C=O) groups is 1. The van der Waals surface area contributed by atoms with Crippen molar-refractivity contribution >= 4 is 28.8 Å². The molecule has 0 radical (unpaired) electrons. The first kappa shape index (κ1) is 23.3. The summed E-state index contributed by atoms with van der Waals surface area (Å²) < 4.78 is 7.92. The van der Waals surface area contributed by atoms with Gasteiger partial charge in [0.2, 0.25) is 0 Å². The van der Waals surface area contributed by atoms with E-state index in [1.54, 1.807) is 4.57 Å². The Morgan fingerprint density at radius 3 is 2.23 bits per heavy atom. The van der Waals surface area contributed by atoms with Crippen molar-refractivity contribution < 1.29 is 14.3 Å². The van der Waals surface area contributed by atoms with Crippen LogP contribution in [0.15, 0.2) is 88.2 Å². The molecular weight excluding hydrogens is 492 g/mol. The van der Waals surface area contributed by atoms with Crippen LogP contribution < -0.4 is 15.2 Å². The van der Waals surface area contributed by atoms with E-state index in [-0.39, 0.29) is 5.56 Å². The number of carboxylic acid groups (broad SMARTS) is 1. The van der Waals surface area contributed by atoms with Gasteiger partial charge >= 0.3 is 5.97 Å². The van der Waals surface area contributed by atoms with Crippen molar-refractivity contribution in [3.63, 3.8) is 0 Å². The number of aromatic nitrogens is 2. The van der Waals surface area contributed by atoms with Gasteiger partial charge in [-0.25, -0.2) is 4.79 Å². The van der Waals surface area contributed by atoms with Crippen LogP contribution in [0.2, 0.25) is 0 Å². The smallest absolute Gasteiger partial charge is 0.341 e. The van der Waals surface area contributed by atoms with Crippen molar-refractivity contribution in [2.45, 2.75) is 25.9 Å². The van der Waals surface area contributed by atoms with Gasteiger partial charge in [0.05, 0.1) is 5.69 Å². The van der Waals surface area contributed by atoms with E-state index in [9.17, 15) is 14.7 Å². The van der Waals surface area contributed by atoms with Crippen LogP contribution in [0.25, 0.3) is 28.0 Å². The van der Waals surface area contributed by atoms with E-state index in [2.05, 4.69) is 34.1 Å². The molecular formula is C31H26N4O4. The summed E-state index contributed by atoms with van der Waals surface area (Å²) in [5.41, 5.74) is 6.24. The summed E-state index contributed by atoms with van der Waals surface area (Å²) in [7, 11) is 0. The highest BCUT2D eigenvalue weighted by atomic mass is 16.4. The molecule has 2 aliphatic heterocycles. The quantitative estimate of drug-likeness (QED) is 0.330. The monoisotopic (exact) mass is 518 g/mol. The minimum atomic E-state index is -1.26. The lowest BCUT2D eigenvalue weighted by atomic mass is 10.1. The van der Waals surface area contributed by atoms with Gasteiger partial charge < -0.3 is 23.9 Å². The number of oxazole rings is 1. The maximum Gasteiger partial charge on any atom is 0.341 e. The summed E-state index contributed by atoms with van der Waals surface area (Å²) >= 11 is 0. The molecule has 39 heavy (non-hydrogen) atoms. The largest absolute Gasteiger partial charge is 0.477 e. The van der Waals surface area contributed by atoms with Crippen molar-refractivity contribution in [3.8, 4) is 16.9 Å². The second-order valence-electron chi connectivity index (χ2n) is 10.1. The average Bonchev–Trinajstić information content (AvgIpc) is 3.72. The molecule has 1 saturated heterocycles. The van der Waals surface area contributed by atoms with Crippen LogP contribution in [0.1, 0.15) is 34.3 Å². The molecule has 1 N–H and O–H groups in total. The summed E-state index contributed by atoms with van der Waals surface area (Å²) in [6.45, 7) is 3.55. The van der Waals surface area contributed by atoms with Gasteiger partial charge in [0, 0.05) is 55.9 Å². The molecule has 0 saturated carbocycles. The molecule has 194 valence electrons. The Hall–Kier alpha value is -4.85. The molecule has 1 fully saturated rings. The Morgan fingerprint density at radius 2 is 1.54 bits per heavy atom. The van der Waals surface area contributed by atoms with Gasteiger partial charge in [-0.15, -0.1) is 0 Å². The number of carboxylic acids is 1. The van der Waals surface area contributed by atoms with Crippen LogP contribution in [0, 0.1) is 0 Å². The van der Waals surface area contributed by atoms with Gasteiger partial charge in [0.15, 0.2) is 11.0 Å². The van der Waals surface area contributed by atoms with E-state index in [1.165, 1.54) is 36.2 Å². The zero-order valence-corrected chi connectivity index (χ0v) is 21.2. The molecule has 7 rings (SSSR count). The number of aromatic carboxylic acids is 1. The molecule has 2 aliphatic rings. The highest BCUT2D eigenvalue weighted by Gasteiger charge is 2.23. The van der Waals surface area contributed by atoms with Gasteiger partial charge in [0.25, 0.3) is 6.01 Å². The second-order valence-corrected chi connectivity index (χ2v) is 10.1. The molecule has 2 aromatic heterocycles. The van der Waals surface area contributed by atoms with Gasteiger partial charge in [-0.3, -0.25) is 4.79 Å². The third-order valence-electron chi connectivity index (χ3n) is 7.67. The number of pyridine rings is 1. The van der Waals surface area contributed by atoms with Crippen LogP contribution in [0.4, 0.5) is 11.7 Å². The number of nitrogens with zero attached hydrogens (tertiary/aromatic N) is 4. The van der Waals surface area contributed by atoms with Crippen molar-refractivity contribution in [2.24, 2.45) is 0 Å². The second kappa shape index (κ2) is 9.16. The summed E-state index contributed by atoms with van der Waals surface area (Å²) in [4.78, 5) is 33.7. The van der Waals surface area contributed by atoms with Gasteiger partial charge in [-0.2, -0.15) is 4.98 Å². The van der Waals surface area contributed by atoms with Gasteiger partial charge in [-0.1, -0.05) is 36.4 Å². The fourth-order valence-electron chi connectivity index (χ4n) is 5.60. The molecule has 8 nitrogen and oxygen atoms in total. The number of fused-ring (bicyclic) bond motifs is 2. The standard InChI is InChI=1S/C31H26N4O4/c36-28-16-27(20-7-9-23(10-8-20)33-13-3-4-14-33)35(19-25(28)30(37)38)24-11-12-26-29(15-24)39-31(32-26)34-17-21-5-1-2-6-22(21)18-34/h1-2,5-12,15-16,19H,3-4,13-14,17-18H2,(H,37,38). The van der Waals surface area contributed by atoms with E-state index in [0.717, 1.165) is 37.4 Å². The van der Waals surface area contributed by atoms with Gasteiger partial charge in [0.1, 0.15) is 11.1 Å². The number of hydrogen-bond donors (Lipinski definition) is 1. The number of rotatable bonds is 5. The lowest BCUT2D eigenvalue weighted by Gasteiger charge is -2.19. The summed E-state index contributed by atoms with van der Waals surface area (Å²) in [6.07, 6.45) is 3.77. The maximum atomic E-state index is 12.7. The topological polar surface area (TPSA) is 91.8 Å². The Balaban J connectivity index is 1.28. The minimum Gasteiger partial charge on any atom is -0.477 e. The molecule has 5 aromatic rings. The average molecular weight is 519 g/mol. The van der Waals surface area contributed by atoms with E-state index in [4.69, 9.17) is 9.40 Å². The Bertz CT molecular complexity index is 1760. The van der Waals surface area contributed by atoms with Crippen molar-refractivity contribution in [1.82, 2.24) is 9.55 Å². The first-order valence-corrected chi connectivity index (χ1v) is 13.1. The van der Waals surface area contributed by atoms with Gasteiger partial charge in [-0.05, 0) is 53.8 Å². The number of anilines is 2. The van der Waals surface area contributed by atoms with E-state index < -0.39 is 11.4 Å². The lowest BCUT2D eigenvalue weighted by Crippen LogP contribution is -2.18. The maximum absolute atomic E-state index is 12.7. The van der Waals surface area contributed by atoms with Crippen molar-refractivity contribution in [2.75, 3.05) is 22.9 Å². The molecule has 0 amide bonds. The predicted octanol–water partition coefficient (Wildman–Crippen LogP) is 5.46. The van der Waals surface area contributed by atoms with Crippen molar-refractivity contribution in [1.29, 1.82) is 0 Å². The third-order valence-corrected chi connectivity index (χ3v) is 7.67. The van der Waals surface area contributed by atoms with Crippen LogP contribution in [-0.4, -0.2) is 33.7 Å². The Morgan fingerprint density at radius 1 is 0.846 bits per heavy atom. The molecule has 0 unspecified atom stereocenters. The van der Waals surface area contributed by atoms with E-state index >= 15 is 0 Å². The molecule has 0 bridgehead atoms. The molecule has 3 aromatic carbocycles. The summed E-state index contributed by atoms with van der Waals surface area (Å²) in [5, 5.41) is 9.67. The van der Waals surface area contributed by atoms with Crippen LogP contribution >= 0.6 is 0 Å². The third kappa shape index (κ3) is 4.14. The Labute approximate surface area is 224 Å². The molecule has 0 atom stereocenters. The minimum absolute atomic E-state index is 0.291. The highest BCUT2D eigenvalue weighted by Crippen LogP contribution is 2.32. The normalized spacial score (nSPS) is 14.8. The predicted molar refractivity (Wildman–Crippen MR) is 150 cm³/mol. The zero-order chi connectivity index (χ0) is 26.5. The first-order chi connectivity index (χ1) is 19.0. The SMILES string of the molecule is O=C(O)c1cn(-c2ccc3nc(N4Cc5ccccc5C4)oc3c2)c(-c2ccc(N3CCCC3)cc2)cc1=O. The number of hydrogen-bond acceptors (Lipinski definition) is 6. The molecule has 8 heteroatoms. The fourth-order valence-corrected chi connectivity index (χ4v) is 5.60. The molecule has 0 aliphatic carbocycles. The molecule has 0 spiro atoms. The van der Waals surface area contributed by atoms with Crippen molar-refractivity contribution in [3.05, 3.63) is 106 Å². The Kier molecular flexibility index (Phi) is 5.47. The summed E-state index contributed by atoms with van der Waals surface area (Å²) in [5.74, 6) is -1.26. The van der Waals surface area contributed by atoms with E-state index in [0.29, 0.717) is 28.5 Å². The zero-order valence-electron chi connectivity index (χ0n) is 21.2. The van der Waals surface area contributed by atoms with Crippen LogP contribution in [-0.2, 0) is 13.1 Å². The fraction of sp³-hybridized carbons (Fsp3) is 0.194. The summed E-state index contributed by atoms with van der Waals surface area (Å²) in [6, 6.07) is 23.9.